The van der Waals surface area contributed by atoms with Gasteiger partial charge in [-0.15, -0.1) is 0 Å². The summed E-state index contributed by atoms with van der Waals surface area (Å²) < 4.78 is 15.7. The number of rotatable bonds is 7. The van der Waals surface area contributed by atoms with Gasteiger partial charge in [-0.2, -0.15) is 0 Å². The van der Waals surface area contributed by atoms with Crippen LogP contribution in [-0.2, 0) is 14.3 Å². The molecule has 0 aliphatic carbocycles. The van der Waals surface area contributed by atoms with Gasteiger partial charge in [0.25, 0.3) is 5.91 Å². The van der Waals surface area contributed by atoms with Crippen LogP contribution in [0.25, 0.3) is 16.8 Å². The second-order valence-corrected chi connectivity index (χ2v) is 7.08. The number of fused-ring (bicyclic) bond motifs is 1. The highest BCUT2D eigenvalue weighted by Gasteiger charge is 2.18. The predicted molar refractivity (Wildman–Crippen MR) is 121 cm³/mol. The smallest absolute Gasteiger partial charge is 0.331 e. The van der Waals surface area contributed by atoms with Gasteiger partial charge < -0.3 is 19.5 Å². The van der Waals surface area contributed by atoms with Crippen LogP contribution < -0.4 is 14.8 Å². The Morgan fingerprint density at radius 3 is 2.42 bits per heavy atom. The molecular formula is C25H25NO5. The fraction of sp³-hybridized carbons (Fsp3) is 0.200. The Labute approximate surface area is 181 Å². The molecule has 0 unspecified atom stereocenters. The van der Waals surface area contributed by atoms with Crippen LogP contribution in [0.15, 0.2) is 60.7 Å². The molecule has 160 valence electrons. The number of hydrogen-bond donors (Lipinski definition) is 1. The quantitative estimate of drug-likeness (QED) is 0.442. The summed E-state index contributed by atoms with van der Waals surface area (Å²) in [5, 5.41) is 4.80. The monoisotopic (exact) mass is 419 g/mol. The van der Waals surface area contributed by atoms with Gasteiger partial charge in [-0.25, -0.2) is 4.79 Å². The highest BCUT2D eigenvalue weighted by atomic mass is 16.5. The van der Waals surface area contributed by atoms with Crippen LogP contribution >= 0.6 is 0 Å². The van der Waals surface area contributed by atoms with Crippen molar-refractivity contribution >= 4 is 34.4 Å². The van der Waals surface area contributed by atoms with Gasteiger partial charge in [-0.1, -0.05) is 24.3 Å². The van der Waals surface area contributed by atoms with E-state index in [1.807, 2.05) is 49.4 Å². The standard InChI is InChI=1S/C25H25NO5/c1-16-5-11-23(30-4)22(13-16)26-25(28)17(2)31-24(27)12-7-18-6-8-20-15-21(29-3)10-9-19(20)14-18/h5-15,17H,1-4H3,(H,26,28)/b12-7+/t17-/m1/s1. The number of ether oxygens (including phenoxy) is 3. The van der Waals surface area contributed by atoms with E-state index in [4.69, 9.17) is 14.2 Å². The van der Waals surface area contributed by atoms with Gasteiger partial charge in [0.1, 0.15) is 11.5 Å². The number of benzene rings is 3. The molecule has 1 N–H and O–H groups in total. The van der Waals surface area contributed by atoms with Crippen molar-refractivity contribution in [1.82, 2.24) is 0 Å². The van der Waals surface area contributed by atoms with E-state index in [9.17, 15) is 9.59 Å². The molecule has 1 atom stereocenters. The lowest BCUT2D eigenvalue weighted by molar-refractivity contribution is -0.148. The third-order valence-electron chi connectivity index (χ3n) is 4.76. The summed E-state index contributed by atoms with van der Waals surface area (Å²) in [6.07, 6.45) is 1.99. The Bertz CT molecular complexity index is 1140. The number of anilines is 1. The molecule has 0 radical (unpaired) electrons. The summed E-state index contributed by atoms with van der Waals surface area (Å²) in [7, 11) is 3.15. The summed E-state index contributed by atoms with van der Waals surface area (Å²) in [5.41, 5.74) is 2.34. The fourth-order valence-corrected chi connectivity index (χ4v) is 3.06. The van der Waals surface area contributed by atoms with Crippen molar-refractivity contribution in [2.24, 2.45) is 0 Å². The molecule has 6 nitrogen and oxygen atoms in total. The maximum absolute atomic E-state index is 12.4. The van der Waals surface area contributed by atoms with Gasteiger partial charge in [0.15, 0.2) is 6.10 Å². The number of esters is 1. The average molecular weight is 419 g/mol. The van der Waals surface area contributed by atoms with E-state index in [1.54, 1.807) is 25.3 Å². The number of carbonyl (C=O) groups excluding carboxylic acids is 2. The molecule has 6 heteroatoms. The molecule has 0 saturated carbocycles. The molecule has 0 aromatic heterocycles. The van der Waals surface area contributed by atoms with Crippen molar-refractivity contribution in [3.05, 3.63) is 71.8 Å². The highest BCUT2D eigenvalue weighted by Crippen LogP contribution is 2.25. The molecule has 3 rings (SSSR count). The molecule has 0 bridgehead atoms. The van der Waals surface area contributed by atoms with E-state index < -0.39 is 18.0 Å². The van der Waals surface area contributed by atoms with Crippen LogP contribution in [-0.4, -0.2) is 32.2 Å². The molecule has 3 aromatic rings. The van der Waals surface area contributed by atoms with Crippen LogP contribution in [0.4, 0.5) is 5.69 Å². The molecule has 0 aliphatic heterocycles. The van der Waals surface area contributed by atoms with Crippen LogP contribution in [0.3, 0.4) is 0 Å². The number of amides is 1. The first kappa shape index (κ1) is 21.9. The van der Waals surface area contributed by atoms with Gasteiger partial charge >= 0.3 is 5.97 Å². The molecule has 0 fully saturated rings. The number of aryl methyl sites for hydroxylation is 1. The van der Waals surface area contributed by atoms with E-state index >= 15 is 0 Å². The molecular weight excluding hydrogens is 394 g/mol. The van der Waals surface area contributed by atoms with Crippen LogP contribution in [0.1, 0.15) is 18.1 Å². The Morgan fingerprint density at radius 1 is 0.935 bits per heavy atom. The number of methoxy groups -OCH3 is 2. The minimum absolute atomic E-state index is 0.440. The zero-order valence-electron chi connectivity index (χ0n) is 18.0. The van der Waals surface area contributed by atoms with E-state index in [1.165, 1.54) is 20.1 Å². The Kier molecular flexibility index (Phi) is 6.92. The van der Waals surface area contributed by atoms with Crippen LogP contribution in [0.2, 0.25) is 0 Å². The lowest BCUT2D eigenvalue weighted by Crippen LogP contribution is -2.29. The van der Waals surface area contributed by atoms with Crippen LogP contribution in [0.5, 0.6) is 11.5 Å². The summed E-state index contributed by atoms with van der Waals surface area (Å²) >= 11 is 0. The first-order valence-electron chi connectivity index (χ1n) is 9.81. The molecule has 0 aliphatic rings. The second-order valence-electron chi connectivity index (χ2n) is 7.08. The summed E-state index contributed by atoms with van der Waals surface area (Å²) in [6, 6.07) is 17.0. The van der Waals surface area contributed by atoms with Crippen molar-refractivity contribution in [3.8, 4) is 11.5 Å². The highest BCUT2D eigenvalue weighted by molar-refractivity contribution is 5.98. The third kappa shape index (κ3) is 5.63. The van der Waals surface area contributed by atoms with Crippen molar-refractivity contribution in [3.63, 3.8) is 0 Å². The predicted octanol–water partition coefficient (Wildman–Crippen LogP) is 4.75. The van der Waals surface area contributed by atoms with Crippen molar-refractivity contribution in [2.75, 3.05) is 19.5 Å². The van der Waals surface area contributed by atoms with Gasteiger partial charge in [-0.3, -0.25) is 4.79 Å². The van der Waals surface area contributed by atoms with Gasteiger partial charge in [0, 0.05) is 6.08 Å². The molecule has 31 heavy (non-hydrogen) atoms. The Hall–Kier alpha value is -3.80. The largest absolute Gasteiger partial charge is 0.497 e. The van der Waals surface area contributed by atoms with Crippen molar-refractivity contribution in [1.29, 1.82) is 0 Å². The van der Waals surface area contributed by atoms with Crippen molar-refractivity contribution in [2.45, 2.75) is 20.0 Å². The SMILES string of the molecule is COc1ccc2cc(/C=C/C(=O)O[C@H](C)C(=O)Nc3cc(C)ccc3OC)ccc2c1. The maximum Gasteiger partial charge on any atom is 0.331 e. The zero-order valence-corrected chi connectivity index (χ0v) is 18.0. The van der Waals surface area contributed by atoms with E-state index in [0.29, 0.717) is 11.4 Å². The van der Waals surface area contributed by atoms with Gasteiger partial charge in [-0.05, 0) is 72.2 Å². The molecule has 1 amide bonds. The van der Waals surface area contributed by atoms with Gasteiger partial charge in [0.2, 0.25) is 0 Å². The lowest BCUT2D eigenvalue weighted by atomic mass is 10.1. The fourth-order valence-electron chi connectivity index (χ4n) is 3.06. The van der Waals surface area contributed by atoms with E-state index in [0.717, 1.165) is 27.6 Å². The first-order chi connectivity index (χ1) is 14.9. The topological polar surface area (TPSA) is 73.9 Å². The molecule has 0 heterocycles. The van der Waals surface area contributed by atoms with E-state index in [-0.39, 0.29) is 0 Å². The Balaban J connectivity index is 1.62. The molecule has 3 aromatic carbocycles. The Morgan fingerprint density at radius 2 is 1.68 bits per heavy atom. The minimum Gasteiger partial charge on any atom is -0.497 e. The normalized spacial score (nSPS) is 11.9. The summed E-state index contributed by atoms with van der Waals surface area (Å²) in [5.74, 6) is 0.278. The number of carbonyl (C=O) groups is 2. The molecule has 0 saturated heterocycles. The second kappa shape index (κ2) is 9.80. The lowest BCUT2D eigenvalue weighted by Gasteiger charge is -2.15. The van der Waals surface area contributed by atoms with Crippen molar-refractivity contribution < 1.29 is 23.8 Å². The number of hydrogen-bond acceptors (Lipinski definition) is 5. The third-order valence-corrected chi connectivity index (χ3v) is 4.76. The average Bonchev–Trinajstić information content (AvgIpc) is 2.77. The maximum atomic E-state index is 12.4. The number of nitrogens with one attached hydrogen (secondary N) is 1. The first-order valence-corrected chi connectivity index (χ1v) is 9.81. The van der Waals surface area contributed by atoms with Gasteiger partial charge in [0.05, 0.1) is 19.9 Å². The minimum atomic E-state index is -0.966. The van der Waals surface area contributed by atoms with E-state index in [2.05, 4.69) is 5.32 Å². The molecule has 0 spiro atoms. The summed E-state index contributed by atoms with van der Waals surface area (Å²) in [4.78, 5) is 24.6. The summed E-state index contributed by atoms with van der Waals surface area (Å²) in [6.45, 7) is 3.43. The van der Waals surface area contributed by atoms with Crippen LogP contribution in [0, 0.1) is 6.92 Å². The zero-order chi connectivity index (χ0) is 22.4.